The SMILES string of the molecule is CCS(=O)(=O)c1ccc(N(CC(=O)O)C2CC2)cc1. The summed E-state index contributed by atoms with van der Waals surface area (Å²) >= 11 is 0. The molecular formula is C13H17NO4S. The Kier molecular flexibility index (Phi) is 3.80. The van der Waals surface area contributed by atoms with Crippen molar-refractivity contribution in [2.75, 3.05) is 17.2 Å². The Morgan fingerprint density at radius 2 is 1.89 bits per heavy atom. The third kappa shape index (κ3) is 3.26. The summed E-state index contributed by atoms with van der Waals surface area (Å²) in [7, 11) is -3.20. The van der Waals surface area contributed by atoms with Crippen LogP contribution in [0.2, 0.25) is 0 Å². The van der Waals surface area contributed by atoms with Crippen LogP contribution >= 0.6 is 0 Å². The zero-order valence-electron chi connectivity index (χ0n) is 10.7. The van der Waals surface area contributed by atoms with Crippen molar-refractivity contribution in [3.63, 3.8) is 0 Å². The van der Waals surface area contributed by atoms with Crippen LogP contribution in [0.25, 0.3) is 0 Å². The smallest absolute Gasteiger partial charge is 0.323 e. The lowest BCUT2D eigenvalue weighted by Gasteiger charge is -2.22. The van der Waals surface area contributed by atoms with Gasteiger partial charge in [0.15, 0.2) is 9.84 Å². The van der Waals surface area contributed by atoms with Crippen LogP contribution in [-0.4, -0.2) is 37.8 Å². The number of anilines is 1. The molecular weight excluding hydrogens is 266 g/mol. The minimum atomic E-state index is -3.20. The lowest BCUT2D eigenvalue weighted by Crippen LogP contribution is -2.31. The molecule has 1 aromatic carbocycles. The van der Waals surface area contributed by atoms with Gasteiger partial charge in [0.25, 0.3) is 0 Å². The van der Waals surface area contributed by atoms with Crippen LogP contribution in [0, 0.1) is 0 Å². The summed E-state index contributed by atoms with van der Waals surface area (Å²) < 4.78 is 23.4. The lowest BCUT2D eigenvalue weighted by molar-refractivity contribution is -0.135. The van der Waals surface area contributed by atoms with Gasteiger partial charge in [-0.15, -0.1) is 0 Å². The summed E-state index contributed by atoms with van der Waals surface area (Å²) in [6.45, 7) is 1.55. The topological polar surface area (TPSA) is 74.7 Å². The Bertz CT molecular complexity index is 561. The highest BCUT2D eigenvalue weighted by Crippen LogP contribution is 2.31. The number of carboxylic acids is 1. The van der Waals surface area contributed by atoms with Crippen molar-refractivity contribution in [1.82, 2.24) is 0 Å². The maximum absolute atomic E-state index is 11.7. The molecule has 0 unspecified atom stereocenters. The number of rotatable bonds is 6. The summed E-state index contributed by atoms with van der Waals surface area (Å²) in [6, 6.07) is 6.73. The fourth-order valence-corrected chi connectivity index (χ4v) is 2.86. The molecule has 1 aromatic rings. The van der Waals surface area contributed by atoms with E-state index in [9.17, 15) is 13.2 Å². The van der Waals surface area contributed by atoms with E-state index in [1.54, 1.807) is 31.2 Å². The molecule has 0 bridgehead atoms. The predicted octanol–water partition coefficient (Wildman–Crippen LogP) is 1.53. The molecule has 1 N–H and O–H groups in total. The van der Waals surface area contributed by atoms with Gasteiger partial charge in [0.05, 0.1) is 10.6 Å². The predicted molar refractivity (Wildman–Crippen MR) is 72.2 cm³/mol. The van der Waals surface area contributed by atoms with Crippen molar-refractivity contribution in [2.24, 2.45) is 0 Å². The summed E-state index contributed by atoms with van der Waals surface area (Å²) in [5.74, 6) is -0.814. The first-order valence-electron chi connectivity index (χ1n) is 6.25. The Hall–Kier alpha value is -1.56. The number of nitrogens with zero attached hydrogens (tertiary/aromatic N) is 1. The second kappa shape index (κ2) is 5.21. The van der Waals surface area contributed by atoms with Gasteiger partial charge in [-0.3, -0.25) is 4.79 Å². The fraction of sp³-hybridized carbons (Fsp3) is 0.462. The number of carbonyl (C=O) groups is 1. The van der Waals surface area contributed by atoms with Crippen LogP contribution in [0.3, 0.4) is 0 Å². The van der Waals surface area contributed by atoms with Crippen molar-refractivity contribution >= 4 is 21.5 Å². The first kappa shape index (κ1) is 13.9. The lowest BCUT2D eigenvalue weighted by atomic mass is 10.3. The van der Waals surface area contributed by atoms with Gasteiger partial charge >= 0.3 is 5.97 Å². The molecule has 1 aliphatic carbocycles. The van der Waals surface area contributed by atoms with E-state index in [1.165, 1.54) is 0 Å². The molecule has 104 valence electrons. The molecule has 0 radical (unpaired) electrons. The second-order valence-corrected chi connectivity index (χ2v) is 6.93. The van der Waals surface area contributed by atoms with Gasteiger partial charge in [0.2, 0.25) is 0 Å². The van der Waals surface area contributed by atoms with Crippen LogP contribution in [0.5, 0.6) is 0 Å². The van der Waals surface area contributed by atoms with Crippen LogP contribution in [0.1, 0.15) is 19.8 Å². The number of hydrogen-bond acceptors (Lipinski definition) is 4. The summed E-state index contributed by atoms with van der Waals surface area (Å²) in [4.78, 5) is 12.9. The minimum absolute atomic E-state index is 0.0511. The van der Waals surface area contributed by atoms with Crippen LogP contribution < -0.4 is 4.90 Å². The summed E-state index contributed by atoms with van der Waals surface area (Å²) in [5.41, 5.74) is 0.764. The number of aliphatic carboxylic acids is 1. The monoisotopic (exact) mass is 283 g/mol. The van der Waals surface area contributed by atoms with Gasteiger partial charge in [0, 0.05) is 11.7 Å². The molecule has 0 saturated heterocycles. The van der Waals surface area contributed by atoms with Gasteiger partial charge in [-0.05, 0) is 37.1 Å². The number of carboxylic acid groups (broad SMARTS) is 1. The Balaban J connectivity index is 2.23. The van der Waals surface area contributed by atoms with E-state index in [0.717, 1.165) is 18.5 Å². The first-order valence-corrected chi connectivity index (χ1v) is 7.90. The van der Waals surface area contributed by atoms with Crippen LogP contribution in [0.15, 0.2) is 29.2 Å². The largest absolute Gasteiger partial charge is 0.480 e. The van der Waals surface area contributed by atoms with Gasteiger partial charge in [-0.1, -0.05) is 6.92 Å². The zero-order valence-corrected chi connectivity index (χ0v) is 11.6. The van der Waals surface area contributed by atoms with E-state index in [2.05, 4.69) is 0 Å². The molecule has 1 saturated carbocycles. The van der Waals surface area contributed by atoms with E-state index in [-0.39, 0.29) is 23.2 Å². The molecule has 0 spiro atoms. The van der Waals surface area contributed by atoms with Crippen molar-refractivity contribution in [3.05, 3.63) is 24.3 Å². The van der Waals surface area contributed by atoms with Crippen molar-refractivity contribution < 1.29 is 18.3 Å². The van der Waals surface area contributed by atoms with E-state index in [1.807, 2.05) is 4.90 Å². The zero-order chi connectivity index (χ0) is 14.0. The van der Waals surface area contributed by atoms with Crippen LogP contribution in [0.4, 0.5) is 5.69 Å². The van der Waals surface area contributed by atoms with E-state index in [0.29, 0.717) is 0 Å². The molecule has 5 nitrogen and oxygen atoms in total. The summed E-state index contributed by atoms with van der Waals surface area (Å²) in [6.07, 6.45) is 1.98. The molecule has 19 heavy (non-hydrogen) atoms. The Morgan fingerprint density at radius 1 is 1.32 bits per heavy atom. The molecule has 2 rings (SSSR count). The quantitative estimate of drug-likeness (QED) is 0.857. The maximum atomic E-state index is 11.7. The molecule has 0 aliphatic heterocycles. The molecule has 0 amide bonds. The molecule has 6 heteroatoms. The van der Waals surface area contributed by atoms with Gasteiger partial charge in [-0.25, -0.2) is 8.42 Å². The highest BCUT2D eigenvalue weighted by Gasteiger charge is 2.30. The molecule has 1 aliphatic rings. The average Bonchev–Trinajstić information content (AvgIpc) is 3.20. The number of hydrogen-bond donors (Lipinski definition) is 1. The molecule has 1 fully saturated rings. The fourth-order valence-electron chi connectivity index (χ4n) is 1.97. The van der Waals surface area contributed by atoms with E-state index in [4.69, 9.17) is 5.11 Å². The van der Waals surface area contributed by atoms with Gasteiger partial charge in [-0.2, -0.15) is 0 Å². The van der Waals surface area contributed by atoms with Gasteiger partial charge < -0.3 is 10.0 Å². The van der Waals surface area contributed by atoms with Crippen molar-refractivity contribution in [2.45, 2.75) is 30.7 Å². The highest BCUT2D eigenvalue weighted by molar-refractivity contribution is 7.91. The molecule has 0 heterocycles. The van der Waals surface area contributed by atoms with Crippen molar-refractivity contribution in [3.8, 4) is 0 Å². The van der Waals surface area contributed by atoms with Crippen LogP contribution in [-0.2, 0) is 14.6 Å². The highest BCUT2D eigenvalue weighted by atomic mass is 32.2. The normalized spacial score (nSPS) is 15.2. The minimum Gasteiger partial charge on any atom is -0.480 e. The molecule has 0 atom stereocenters. The standard InChI is InChI=1S/C13H17NO4S/c1-2-19(17,18)12-7-5-11(6-8-12)14(9-13(15)16)10-3-4-10/h5-8,10H,2-4,9H2,1H3,(H,15,16). The van der Waals surface area contributed by atoms with E-state index < -0.39 is 15.8 Å². The van der Waals surface area contributed by atoms with Crippen molar-refractivity contribution in [1.29, 1.82) is 0 Å². The number of sulfone groups is 1. The second-order valence-electron chi connectivity index (χ2n) is 4.65. The van der Waals surface area contributed by atoms with Gasteiger partial charge in [0.1, 0.15) is 6.54 Å². The first-order chi connectivity index (χ1) is 8.94. The maximum Gasteiger partial charge on any atom is 0.323 e. The molecule has 0 aromatic heterocycles. The Morgan fingerprint density at radius 3 is 2.32 bits per heavy atom. The number of benzene rings is 1. The third-order valence-corrected chi connectivity index (χ3v) is 4.95. The summed E-state index contributed by atoms with van der Waals surface area (Å²) in [5, 5.41) is 8.91. The average molecular weight is 283 g/mol. The third-order valence-electron chi connectivity index (χ3n) is 3.20. The Labute approximate surface area is 112 Å². The van der Waals surface area contributed by atoms with E-state index >= 15 is 0 Å².